The van der Waals surface area contributed by atoms with Crippen LogP contribution in [0.5, 0.6) is 0 Å². The Bertz CT molecular complexity index is 665. The number of nitrogens with zero attached hydrogens (tertiary/aromatic N) is 1. The highest BCUT2D eigenvalue weighted by Gasteiger charge is 2.30. The van der Waals surface area contributed by atoms with E-state index in [0.717, 1.165) is 12.8 Å². The molecule has 1 aliphatic heterocycles. The summed E-state index contributed by atoms with van der Waals surface area (Å²) in [7, 11) is -3.81. The number of primary sulfonamides is 1. The number of rotatable bonds is 2. The van der Waals surface area contributed by atoms with Crippen LogP contribution in [0.25, 0.3) is 0 Å². The molecule has 0 bridgehead atoms. The van der Waals surface area contributed by atoms with Gasteiger partial charge in [0.15, 0.2) is 0 Å². The Morgan fingerprint density at radius 3 is 2.57 bits per heavy atom. The fraction of sp³-hybridized carbons (Fsp3) is 0.533. The van der Waals surface area contributed by atoms with Gasteiger partial charge in [-0.05, 0) is 42.9 Å². The van der Waals surface area contributed by atoms with Gasteiger partial charge < -0.3 is 4.90 Å². The summed E-state index contributed by atoms with van der Waals surface area (Å²) in [6.45, 7) is 7.33. The Kier molecular flexibility index (Phi) is 4.13. The highest BCUT2D eigenvalue weighted by molar-refractivity contribution is 7.89. The molecule has 0 atom stereocenters. The van der Waals surface area contributed by atoms with Gasteiger partial charge in [-0.2, -0.15) is 0 Å². The van der Waals surface area contributed by atoms with Gasteiger partial charge in [0.05, 0.1) is 4.90 Å². The van der Waals surface area contributed by atoms with E-state index in [1.54, 1.807) is 24.0 Å². The molecule has 0 radical (unpaired) electrons. The minimum atomic E-state index is -3.81. The summed E-state index contributed by atoms with van der Waals surface area (Å²) >= 11 is 0. The number of likely N-dealkylation sites (tertiary alicyclic amines) is 1. The molecule has 21 heavy (non-hydrogen) atoms. The highest BCUT2D eigenvalue weighted by Crippen LogP contribution is 2.29. The number of hydrogen-bond acceptors (Lipinski definition) is 3. The molecule has 1 amide bonds. The number of nitrogens with two attached hydrogens (primary N) is 1. The summed E-state index contributed by atoms with van der Waals surface area (Å²) in [6.07, 6.45) is 2.06. The number of sulfonamides is 1. The molecule has 5 nitrogen and oxygen atoms in total. The van der Waals surface area contributed by atoms with Crippen LogP contribution >= 0.6 is 0 Å². The van der Waals surface area contributed by atoms with Crippen LogP contribution in [-0.4, -0.2) is 32.3 Å². The van der Waals surface area contributed by atoms with E-state index in [2.05, 4.69) is 13.8 Å². The maximum atomic E-state index is 12.6. The van der Waals surface area contributed by atoms with Crippen LogP contribution in [0.4, 0.5) is 0 Å². The molecule has 0 unspecified atom stereocenters. The van der Waals surface area contributed by atoms with Crippen molar-refractivity contribution < 1.29 is 13.2 Å². The van der Waals surface area contributed by atoms with Gasteiger partial charge in [0.1, 0.15) is 0 Å². The zero-order chi connectivity index (χ0) is 15.8. The van der Waals surface area contributed by atoms with Crippen molar-refractivity contribution in [2.24, 2.45) is 10.6 Å². The summed E-state index contributed by atoms with van der Waals surface area (Å²) < 4.78 is 23.1. The Balaban J connectivity index is 2.32. The van der Waals surface area contributed by atoms with Crippen molar-refractivity contribution in [1.82, 2.24) is 4.90 Å². The fourth-order valence-corrected chi connectivity index (χ4v) is 3.63. The lowest BCUT2D eigenvalue weighted by Crippen LogP contribution is -2.43. The van der Waals surface area contributed by atoms with Gasteiger partial charge in [0.25, 0.3) is 5.91 Å². The third kappa shape index (κ3) is 3.63. The van der Waals surface area contributed by atoms with Crippen LogP contribution in [0.1, 0.15) is 42.6 Å². The van der Waals surface area contributed by atoms with Crippen molar-refractivity contribution in [2.45, 2.75) is 38.5 Å². The summed E-state index contributed by atoms with van der Waals surface area (Å²) in [5.74, 6) is -0.132. The lowest BCUT2D eigenvalue weighted by Gasteiger charge is -2.38. The normalized spacial score (nSPS) is 18.6. The molecule has 2 rings (SSSR count). The van der Waals surface area contributed by atoms with Gasteiger partial charge in [-0.3, -0.25) is 4.79 Å². The second-order valence-corrected chi connectivity index (χ2v) is 8.05. The summed E-state index contributed by atoms with van der Waals surface area (Å²) in [5.41, 5.74) is 1.02. The van der Waals surface area contributed by atoms with E-state index < -0.39 is 10.0 Å². The van der Waals surface area contributed by atoms with E-state index in [4.69, 9.17) is 5.14 Å². The van der Waals surface area contributed by atoms with Gasteiger partial charge >= 0.3 is 0 Å². The van der Waals surface area contributed by atoms with Crippen LogP contribution < -0.4 is 5.14 Å². The molecule has 6 heteroatoms. The largest absolute Gasteiger partial charge is 0.338 e. The second kappa shape index (κ2) is 5.42. The quantitative estimate of drug-likeness (QED) is 0.906. The van der Waals surface area contributed by atoms with Crippen molar-refractivity contribution in [2.75, 3.05) is 13.1 Å². The first-order valence-corrected chi connectivity index (χ1v) is 8.57. The molecule has 1 aromatic rings. The number of aryl methyl sites for hydroxylation is 1. The Labute approximate surface area is 126 Å². The number of benzene rings is 1. The molecule has 0 spiro atoms. The Morgan fingerprint density at radius 1 is 1.33 bits per heavy atom. The number of carbonyl (C=O) groups excluding carboxylic acids is 1. The second-order valence-electron chi connectivity index (χ2n) is 6.52. The van der Waals surface area contributed by atoms with Crippen molar-refractivity contribution in [3.63, 3.8) is 0 Å². The van der Waals surface area contributed by atoms with Crippen molar-refractivity contribution in [3.8, 4) is 0 Å². The third-order valence-electron chi connectivity index (χ3n) is 3.93. The van der Waals surface area contributed by atoms with Crippen LogP contribution in [-0.2, 0) is 10.0 Å². The highest BCUT2D eigenvalue weighted by atomic mass is 32.2. The SMILES string of the molecule is Cc1ccc(C(=O)N2CCCC(C)(C)C2)cc1S(N)(=O)=O. The molecular weight excluding hydrogens is 288 g/mol. The first-order chi connectivity index (χ1) is 9.60. The maximum Gasteiger partial charge on any atom is 0.253 e. The van der Waals surface area contributed by atoms with E-state index in [0.29, 0.717) is 24.2 Å². The topological polar surface area (TPSA) is 80.5 Å². The number of piperidine rings is 1. The van der Waals surface area contributed by atoms with Gasteiger partial charge in [0.2, 0.25) is 10.0 Å². The third-order valence-corrected chi connectivity index (χ3v) is 4.98. The molecule has 0 saturated carbocycles. The van der Waals surface area contributed by atoms with Crippen LogP contribution in [0, 0.1) is 12.3 Å². The van der Waals surface area contributed by atoms with Crippen molar-refractivity contribution in [1.29, 1.82) is 0 Å². The van der Waals surface area contributed by atoms with Crippen LogP contribution in [0.3, 0.4) is 0 Å². The smallest absolute Gasteiger partial charge is 0.253 e. The monoisotopic (exact) mass is 310 g/mol. The summed E-state index contributed by atoms with van der Waals surface area (Å²) in [5, 5.41) is 5.20. The predicted molar refractivity (Wildman–Crippen MR) is 81.5 cm³/mol. The molecule has 1 aromatic carbocycles. The van der Waals surface area contributed by atoms with Gasteiger partial charge in [-0.1, -0.05) is 19.9 Å². The number of amides is 1. The minimum absolute atomic E-state index is 0.0182. The number of carbonyl (C=O) groups is 1. The molecule has 1 fully saturated rings. The zero-order valence-corrected chi connectivity index (χ0v) is 13.5. The van der Waals surface area contributed by atoms with Crippen molar-refractivity contribution >= 4 is 15.9 Å². The standard InChI is InChI=1S/C15H22N2O3S/c1-11-5-6-12(9-13(11)21(16,19)20)14(18)17-8-4-7-15(2,3)10-17/h5-6,9H,4,7-8,10H2,1-3H3,(H2,16,19,20). The lowest BCUT2D eigenvalue weighted by molar-refractivity contribution is 0.0583. The van der Waals surface area contributed by atoms with Crippen LogP contribution in [0.2, 0.25) is 0 Å². The minimum Gasteiger partial charge on any atom is -0.338 e. The van der Waals surface area contributed by atoms with Gasteiger partial charge in [-0.15, -0.1) is 0 Å². The Morgan fingerprint density at radius 2 is 2.00 bits per heavy atom. The zero-order valence-electron chi connectivity index (χ0n) is 12.7. The molecule has 2 N–H and O–H groups in total. The average Bonchev–Trinajstić information content (AvgIpc) is 2.36. The summed E-state index contributed by atoms with van der Waals surface area (Å²) in [4.78, 5) is 14.4. The lowest BCUT2D eigenvalue weighted by atomic mass is 9.84. The molecular formula is C15H22N2O3S. The molecule has 0 aromatic heterocycles. The average molecular weight is 310 g/mol. The summed E-state index contributed by atoms with van der Waals surface area (Å²) in [6, 6.07) is 4.67. The predicted octanol–water partition coefficient (Wildman–Crippen LogP) is 1.90. The molecule has 1 aliphatic rings. The molecule has 1 heterocycles. The van der Waals surface area contributed by atoms with E-state index in [9.17, 15) is 13.2 Å². The fourth-order valence-electron chi connectivity index (χ4n) is 2.82. The molecule has 0 aliphatic carbocycles. The van der Waals surface area contributed by atoms with E-state index in [1.807, 2.05) is 0 Å². The molecule has 116 valence electrons. The molecule has 1 saturated heterocycles. The maximum absolute atomic E-state index is 12.6. The van der Waals surface area contributed by atoms with Crippen LogP contribution in [0.15, 0.2) is 23.1 Å². The van der Waals surface area contributed by atoms with E-state index in [1.165, 1.54) is 6.07 Å². The van der Waals surface area contributed by atoms with E-state index >= 15 is 0 Å². The van der Waals surface area contributed by atoms with Crippen molar-refractivity contribution in [3.05, 3.63) is 29.3 Å². The first kappa shape index (κ1) is 16.0. The van der Waals surface area contributed by atoms with E-state index in [-0.39, 0.29) is 16.2 Å². The first-order valence-electron chi connectivity index (χ1n) is 7.03. The van der Waals surface area contributed by atoms with Gasteiger partial charge in [0, 0.05) is 18.7 Å². The Hall–Kier alpha value is -1.40. The van der Waals surface area contributed by atoms with Gasteiger partial charge in [-0.25, -0.2) is 13.6 Å². The number of hydrogen-bond donors (Lipinski definition) is 1.